The Balaban J connectivity index is 2.74. The van der Waals surface area contributed by atoms with E-state index in [0.29, 0.717) is 17.2 Å². The van der Waals surface area contributed by atoms with Crippen LogP contribution in [0.1, 0.15) is 26.3 Å². The zero-order valence-electron chi connectivity index (χ0n) is 12.5. The van der Waals surface area contributed by atoms with Crippen LogP contribution in [0.2, 0.25) is 5.02 Å². The van der Waals surface area contributed by atoms with Gasteiger partial charge < -0.3 is 15.4 Å². The van der Waals surface area contributed by atoms with Crippen molar-refractivity contribution in [1.29, 1.82) is 0 Å². The highest BCUT2D eigenvalue weighted by atomic mass is 35.5. The van der Waals surface area contributed by atoms with Gasteiger partial charge in [0.1, 0.15) is 5.75 Å². The summed E-state index contributed by atoms with van der Waals surface area (Å²) in [5, 5.41) is 0.638. The minimum absolute atomic E-state index is 0.00450. The minimum atomic E-state index is -0.0540. The van der Waals surface area contributed by atoms with Crippen LogP contribution in [0.15, 0.2) is 18.2 Å². The number of benzene rings is 1. The normalized spacial score (nSPS) is 12.3. The third-order valence-corrected chi connectivity index (χ3v) is 3.32. The summed E-state index contributed by atoms with van der Waals surface area (Å²) in [5.41, 5.74) is 6.74. The molecule has 0 aliphatic heterocycles. The van der Waals surface area contributed by atoms with Crippen LogP contribution in [-0.2, 0) is 11.2 Å². The molecular weight excluding hydrogens is 276 g/mol. The van der Waals surface area contributed by atoms with Crippen molar-refractivity contribution < 1.29 is 9.53 Å². The van der Waals surface area contributed by atoms with Crippen LogP contribution in [0.25, 0.3) is 0 Å². The Labute approximate surface area is 125 Å². The molecule has 0 bridgehead atoms. The maximum atomic E-state index is 11.9. The zero-order valence-corrected chi connectivity index (χ0v) is 13.3. The number of hydrogen-bond acceptors (Lipinski definition) is 3. The molecule has 2 N–H and O–H groups in total. The van der Waals surface area contributed by atoms with Gasteiger partial charge in [0.05, 0.1) is 0 Å². The fourth-order valence-electron chi connectivity index (χ4n) is 1.72. The summed E-state index contributed by atoms with van der Waals surface area (Å²) in [4.78, 5) is 13.6. The first kappa shape index (κ1) is 16.8. The van der Waals surface area contributed by atoms with Gasteiger partial charge in [-0.05, 0) is 51.0 Å². The van der Waals surface area contributed by atoms with Crippen LogP contribution in [0.3, 0.4) is 0 Å². The molecule has 0 heterocycles. The summed E-state index contributed by atoms with van der Waals surface area (Å²) in [6.07, 6.45) is 0.657. The molecular formula is C15H23ClN2O2. The minimum Gasteiger partial charge on any atom is -0.483 e. The van der Waals surface area contributed by atoms with Crippen molar-refractivity contribution in [3.8, 4) is 5.75 Å². The van der Waals surface area contributed by atoms with Crippen LogP contribution in [0.4, 0.5) is 0 Å². The van der Waals surface area contributed by atoms with Gasteiger partial charge in [-0.2, -0.15) is 0 Å². The van der Waals surface area contributed by atoms with Crippen molar-refractivity contribution in [3.05, 3.63) is 28.8 Å². The van der Waals surface area contributed by atoms with E-state index >= 15 is 0 Å². The lowest BCUT2D eigenvalue weighted by Crippen LogP contribution is -2.36. The summed E-state index contributed by atoms with van der Waals surface area (Å²) in [6, 6.07) is 5.52. The Morgan fingerprint density at radius 2 is 2.05 bits per heavy atom. The average molecular weight is 299 g/mol. The quantitative estimate of drug-likeness (QED) is 0.878. The van der Waals surface area contributed by atoms with Crippen LogP contribution < -0.4 is 10.5 Å². The van der Waals surface area contributed by atoms with Crippen LogP contribution in [0.5, 0.6) is 5.75 Å². The number of nitrogens with zero attached hydrogens (tertiary/aromatic N) is 1. The van der Waals surface area contributed by atoms with Crippen LogP contribution >= 0.6 is 11.6 Å². The second-order valence-electron chi connectivity index (χ2n) is 5.32. The number of nitrogens with two attached hydrogens (primary N) is 1. The molecule has 0 aromatic heterocycles. The number of carbonyl (C=O) groups excluding carboxylic acids is 1. The van der Waals surface area contributed by atoms with Crippen molar-refractivity contribution in [1.82, 2.24) is 4.90 Å². The van der Waals surface area contributed by atoms with E-state index in [1.807, 2.05) is 26.8 Å². The highest BCUT2D eigenvalue weighted by Crippen LogP contribution is 2.24. The number of likely N-dealkylation sites (N-methyl/N-ethyl adjacent to an activating group) is 1. The van der Waals surface area contributed by atoms with Crippen molar-refractivity contribution in [2.75, 3.05) is 13.7 Å². The van der Waals surface area contributed by atoms with Crippen molar-refractivity contribution in [2.24, 2.45) is 5.73 Å². The highest BCUT2D eigenvalue weighted by Gasteiger charge is 2.14. The number of rotatable bonds is 6. The van der Waals surface area contributed by atoms with E-state index in [9.17, 15) is 4.79 Å². The first-order valence-electron chi connectivity index (χ1n) is 6.73. The largest absolute Gasteiger partial charge is 0.483 e. The van der Waals surface area contributed by atoms with Crippen molar-refractivity contribution in [2.45, 2.75) is 39.3 Å². The van der Waals surface area contributed by atoms with E-state index in [4.69, 9.17) is 22.1 Å². The highest BCUT2D eigenvalue weighted by molar-refractivity contribution is 6.30. The van der Waals surface area contributed by atoms with Gasteiger partial charge >= 0.3 is 0 Å². The van der Waals surface area contributed by atoms with Crippen molar-refractivity contribution >= 4 is 17.5 Å². The molecule has 1 aromatic carbocycles. The molecule has 20 heavy (non-hydrogen) atoms. The molecule has 1 amide bonds. The average Bonchev–Trinajstić information content (AvgIpc) is 2.35. The number of hydrogen-bond donors (Lipinski definition) is 1. The van der Waals surface area contributed by atoms with E-state index < -0.39 is 0 Å². The molecule has 5 heteroatoms. The molecule has 0 radical (unpaired) electrons. The van der Waals surface area contributed by atoms with E-state index in [1.54, 1.807) is 24.1 Å². The van der Waals surface area contributed by atoms with E-state index in [-0.39, 0.29) is 24.6 Å². The van der Waals surface area contributed by atoms with E-state index in [0.717, 1.165) is 5.56 Å². The summed E-state index contributed by atoms with van der Waals surface area (Å²) in [6.45, 7) is 5.86. The number of halogens is 1. The van der Waals surface area contributed by atoms with Gasteiger partial charge in [0.25, 0.3) is 5.91 Å². The lowest BCUT2D eigenvalue weighted by Gasteiger charge is -2.22. The van der Waals surface area contributed by atoms with Crippen molar-refractivity contribution in [3.63, 3.8) is 0 Å². The summed E-state index contributed by atoms with van der Waals surface area (Å²) in [5.74, 6) is 0.610. The van der Waals surface area contributed by atoms with Gasteiger partial charge in [0.2, 0.25) is 0 Å². The Kier molecular flexibility index (Phi) is 6.30. The van der Waals surface area contributed by atoms with Gasteiger partial charge in [-0.3, -0.25) is 4.79 Å². The number of ether oxygens (including phenoxy) is 1. The zero-order chi connectivity index (χ0) is 15.3. The predicted molar refractivity (Wildman–Crippen MR) is 82.2 cm³/mol. The SMILES string of the molecule is CC(N)Cc1cc(Cl)ccc1OCC(=O)N(C)C(C)C. The molecule has 0 fully saturated rings. The monoisotopic (exact) mass is 298 g/mol. The van der Waals surface area contributed by atoms with Crippen LogP contribution in [0, 0.1) is 0 Å². The second kappa shape index (κ2) is 7.50. The fraction of sp³-hybridized carbons (Fsp3) is 0.533. The molecule has 112 valence electrons. The third kappa shape index (κ3) is 5.02. The van der Waals surface area contributed by atoms with Gasteiger partial charge in [-0.25, -0.2) is 0 Å². The summed E-state index contributed by atoms with van der Waals surface area (Å²) < 4.78 is 5.62. The lowest BCUT2D eigenvalue weighted by atomic mass is 10.1. The molecule has 0 spiro atoms. The first-order valence-corrected chi connectivity index (χ1v) is 7.11. The molecule has 1 unspecified atom stereocenters. The third-order valence-electron chi connectivity index (χ3n) is 3.08. The van der Waals surface area contributed by atoms with E-state index in [1.165, 1.54) is 0 Å². The molecule has 0 saturated heterocycles. The second-order valence-corrected chi connectivity index (χ2v) is 5.76. The Bertz CT molecular complexity index is 461. The summed E-state index contributed by atoms with van der Waals surface area (Å²) >= 11 is 5.98. The lowest BCUT2D eigenvalue weighted by molar-refractivity contribution is -0.133. The van der Waals surface area contributed by atoms with E-state index in [2.05, 4.69) is 0 Å². The molecule has 0 saturated carbocycles. The van der Waals surface area contributed by atoms with Gasteiger partial charge in [0, 0.05) is 24.2 Å². The Hall–Kier alpha value is -1.26. The molecule has 1 aromatic rings. The molecule has 4 nitrogen and oxygen atoms in total. The Morgan fingerprint density at radius 3 is 2.60 bits per heavy atom. The topological polar surface area (TPSA) is 55.6 Å². The first-order chi connectivity index (χ1) is 9.31. The van der Waals surface area contributed by atoms with Crippen LogP contribution in [-0.4, -0.2) is 36.5 Å². The standard InChI is InChI=1S/C15H23ClN2O2/c1-10(2)18(4)15(19)9-20-14-6-5-13(16)8-12(14)7-11(3)17/h5-6,8,10-11H,7,9,17H2,1-4H3. The van der Waals surface area contributed by atoms with Gasteiger partial charge in [-0.1, -0.05) is 11.6 Å². The fourth-order valence-corrected chi connectivity index (χ4v) is 1.92. The van der Waals surface area contributed by atoms with Gasteiger partial charge in [-0.15, -0.1) is 0 Å². The maximum Gasteiger partial charge on any atom is 0.260 e. The van der Waals surface area contributed by atoms with Gasteiger partial charge in [0.15, 0.2) is 6.61 Å². The molecule has 0 aliphatic carbocycles. The molecule has 0 aliphatic rings. The number of carbonyl (C=O) groups is 1. The summed E-state index contributed by atoms with van der Waals surface area (Å²) in [7, 11) is 1.76. The molecule has 1 rings (SSSR count). The maximum absolute atomic E-state index is 11.9. The smallest absolute Gasteiger partial charge is 0.260 e. The molecule has 1 atom stereocenters. The number of amides is 1. The predicted octanol–water partition coefficient (Wildman–Crippen LogP) is 2.48. The Morgan fingerprint density at radius 1 is 1.40 bits per heavy atom.